The monoisotopic (exact) mass is 190 g/mol. The van der Waals surface area contributed by atoms with Gasteiger partial charge in [0.25, 0.3) is 0 Å². The van der Waals surface area contributed by atoms with E-state index in [9.17, 15) is 0 Å². The molecule has 0 radical (unpaired) electrons. The molecule has 2 unspecified atom stereocenters. The van der Waals surface area contributed by atoms with E-state index in [1.165, 1.54) is 11.3 Å². The van der Waals surface area contributed by atoms with Crippen LogP contribution in [-0.2, 0) is 6.42 Å². The second-order valence-electron chi connectivity index (χ2n) is 4.17. The Morgan fingerprint density at radius 2 is 2.21 bits per heavy atom. The number of fused-ring (bicyclic) bond motifs is 1. The van der Waals surface area contributed by atoms with Crippen LogP contribution < -0.4 is 10.6 Å². The first-order valence-electron chi connectivity index (χ1n) is 5.30. The number of nitrogens with two attached hydrogens (primary N) is 1. The Hall–Kier alpha value is -1.02. The van der Waals surface area contributed by atoms with E-state index < -0.39 is 0 Å². The van der Waals surface area contributed by atoms with Gasteiger partial charge in [0.05, 0.1) is 0 Å². The van der Waals surface area contributed by atoms with E-state index >= 15 is 0 Å². The molecule has 0 bridgehead atoms. The molecule has 0 aromatic heterocycles. The Balaban J connectivity index is 2.34. The standard InChI is InChI=1S/C12H18N2/c1-9-7-11-5-3-4-6-12(11)14(9)10(2)8-13/h3-6,9-10H,7-8,13H2,1-2H3. The highest BCUT2D eigenvalue weighted by Gasteiger charge is 2.28. The predicted molar refractivity (Wildman–Crippen MR) is 60.6 cm³/mol. The molecule has 2 heteroatoms. The van der Waals surface area contributed by atoms with Crippen molar-refractivity contribution in [2.75, 3.05) is 11.4 Å². The molecule has 1 aliphatic rings. The third kappa shape index (κ3) is 1.40. The molecule has 76 valence electrons. The molecule has 1 heterocycles. The van der Waals surface area contributed by atoms with Crippen molar-refractivity contribution in [3.05, 3.63) is 29.8 Å². The topological polar surface area (TPSA) is 29.3 Å². The van der Waals surface area contributed by atoms with Crippen LogP contribution >= 0.6 is 0 Å². The molecule has 1 aliphatic heterocycles. The summed E-state index contributed by atoms with van der Waals surface area (Å²) in [6.07, 6.45) is 1.15. The van der Waals surface area contributed by atoms with Crippen molar-refractivity contribution in [2.24, 2.45) is 5.73 Å². The molecule has 0 spiro atoms. The van der Waals surface area contributed by atoms with E-state index in [-0.39, 0.29) is 0 Å². The van der Waals surface area contributed by atoms with Crippen molar-refractivity contribution in [3.8, 4) is 0 Å². The molecular weight excluding hydrogens is 172 g/mol. The summed E-state index contributed by atoms with van der Waals surface area (Å²) in [7, 11) is 0. The normalized spacial score (nSPS) is 22.2. The molecule has 0 fully saturated rings. The average molecular weight is 190 g/mol. The number of hydrogen-bond donors (Lipinski definition) is 1. The number of anilines is 1. The Bertz CT molecular complexity index is 318. The van der Waals surface area contributed by atoms with Gasteiger partial charge in [-0.2, -0.15) is 0 Å². The Kier molecular flexibility index (Phi) is 2.46. The number of nitrogens with zero attached hydrogens (tertiary/aromatic N) is 1. The highest BCUT2D eigenvalue weighted by Crippen LogP contribution is 2.32. The van der Waals surface area contributed by atoms with Crippen LogP contribution in [0.25, 0.3) is 0 Å². The Morgan fingerprint density at radius 3 is 2.93 bits per heavy atom. The lowest BCUT2D eigenvalue weighted by atomic mass is 10.1. The second-order valence-corrected chi connectivity index (χ2v) is 4.17. The molecule has 0 saturated carbocycles. The molecule has 0 saturated heterocycles. The Morgan fingerprint density at radius 1 is 1.50 bits per heavy atom. The Labute approximate surface area is 85.7 Å². The van der Waals surface area contributed by atoms with Crippen LogP contribution in [0.2, 0.25) is 0 Å². The van der Waals surface area contributed by atoms with Crippen molar-refractivity contribution in [3.63, 3.8) is 0 Å². The van der Waals surface area contributed by atoms with Gasteiger partial charge in [0.2, 0.25) is 0 Å². The predicted octanol–water partition coefficient (Wildman–Crippen LogP) is 1.78. The number of hydrogen-bond acceptors (Lipinski definition) is 2. The summed E-state index contributed by atoms with van der Waals surface area (Å²) in [5, 5.41) is 0. The molecule has 2 nitrogen and oxygen atoms in total. The van der Waals surface area contributed by atoms with Crippen LogP contribution in [0, 0.1) is 0 Å². The van der Waals surface area contributed by atoms with Gasteiger partial charge in [0.15, 0.2) is 0 Å². The summed E-state index contributed by atoms with van der Waals surface area (Å²) in [4.78, 5) is 2.44. The first-order chi connectivity index (χ1) is 6.74. The molecule has 2 N–H and O–H groups in total. The van der Waals surface area contributed by atoms with Gasteiger partial charge in [0, 0.05) is 24.3 Å². The first-order valence-corrected chi connectivity index (χ1v) is 5.30. The third-order valence-electron chi connectivity index (χ3n) is 3.08. The highest BCUT2D eigenvalue weighted by atomic mass is 15.2. The number of benzene rings is 1. The minimum absolute atomic E-state index is 0.439. The van der Waals surface area contributed by atoms with Crippen molar-refractivity contribution in [1.82, 2.24) is 0 Å². The zero-order chi connectivity index (χ0) is 10.1. The largest absolute Gasteiger partial charge is 0.364 e. The summed E-state index contributed by atoms with van der Waals surface area (Å²) in [6, 6.07) is 9.66. The minimum atomic E-state index is 0.439. The summed E-state index contributed by atoms with van der Waals surface area (Å²) in [5.41, 5.74) is 8.56. The molecule has 2 atom stereocenters. The summed E-state index contributed by atoms with van der Waals surface area (Å²) in [6.45, 7) is 5.18. The van der Waals surface area contributed by atoms with Gasteiger partial charge >= 0.3 is 0 Å². The lowest BCUT2D eigenvalue weighted by Gasteiger charge is -2.30. The van der Waals surface area contributed by atoms with Gasteiger partial charge in [0.1, 0.15) is 0 Å². The maximum atomic E-state index is 5.73. The lowest BCUT2D eigenvalue weighted by Crippen LogP contribution is -2.41. The molecule has 2 rings (SSSR count). The van der Waals surface area contributed by atoms with E-state index in [4.69, 9.17) is 5.73 Å². The van der Waals surface area contributed by atoms with Crippen LogP contribution in [0.3, 0.4) is 0 Å². The fourth-order valence-electron chi connectivity index (χ4n) is 2.37. The van der Waals surface area contributed by atoms with Crippen LogP contribution in [0.1, 0.15) is 19.4 Å². The van der Waals surface area contributed by atoms with E-state index in [1.54, 1.807) is 0 Å². The summed E-state index contributed by atoms with van der Waals surface area (Å²) in [5.74, 6) is 0. The second kappa shape index (κ2) is 3.62. The number of rotatable bonds is 2. The van der Waals surface area contributed by atoms with E-state index in [0.29, 0.717) is 12.1 Å². The van der Waals surface area contributed by atoms with E-state index in [2.05, 4.69) is 43.0 Å². The average Bonchev–Trinajstić information content (AvgIpc) is 2.53. The molecule has 1 aromatic rings. The zero-order valence-corrected chi connectivity index (χ0v) is 8.90. The van der Waals surface area contributed by atoms with E-state index in [0.717, 1.165) is 13.0 Å². The quantitative estimate of drug-likeness (QED) is 0.770. The smallest absolute Gasteiger partial charge is 0.0404 e. The van der Waals surface area contributed by atoms with Crippen molar-refractivity contribution in [2.45, 2.75) is 32.4 Å². The summed E-state index contributed by atoms with van der Waals surface area (Å²) < 4.78 is 0. The fraction of sp³-hybridized carbons (Fsp3) is 0.500. The van der Waals surface area contributed by atoms with E-state index in [1.807, 2.05) is 0 Å². The van der Waals surface area contributed by atoms with Gasteiger partial charge < -0.3 is 10.6 Å². The van der Waals surface area contributed by atoms with Gasteiger partial charge in [-0.25, -0.2) is 0 Å². The van der Waals surface area contributed by atoms with Gasteiger partial charge in [-0.1, -0.05) is 18.2 Å². The molecule has 14 heavy (non-hydrogen) atoms. The van der Waals surface area contributed by atoms with Gasteiger partial charge in [-0.15, -0.1) is 0 Å². The third-order valence-corrected chi connectivity index (χ3v) is 3.08. The maximum Gasteiger partial charge on any atom is 0.0404 e. The molecular formula is C12H18N2. The zero-order valence-electron chi connectivity index (χ0n) is 8.90. The first kappa shape index (κ1) is 9.53. The highest BCUT2D eigenvalue weighted by molar-refractivity contribution is 5.59. The van der Waals surface area contributed by atoms with Crippen molar-refractivity contribution >= 4 is 5.69 Å². The van der Waals surface area contributed by atoms with Gasteiger partial charge in [-0.05, 0) is 31.9 Å². The molecule has 0 aliphatic carbocycles. The van der Waals surface area contributed by atoms with Crippen molar-refractivity contribution in [1.29, 1.82) is 0 Å². The maximum absolute atomic E-state index is 5.73. The fourth-order valence-corrected chi connectivity index (χ4v) is 2.37. The number of para-hydroxylation sites is 1. The van der Waals surface area contributed by atoms with Gasteiger partial charge in [-0.3, -0.25) is 0 Å². The van der Waals surface area contributed by atoms with Crippen LogP contribution in [0.15, 0.2) is 24.3 Å². The van der Waals surface area contributed by atoms with Crippen LogP contribution in [0.5, 0.6) is 0 Å². The lowest BCUT2D eigenvalue weighted by molar-refractivity contribution is 0.580. The SMILES string of the molecule is CC(CN)N1c2ccccc2CC1C. The minimum Gasteiger partial charge on any atom is -0.364 e. The molecule has 1 aromatic carbocycles. The van der Waals surface area contributed by atoms with Crippen molar-refractivity contribution < 1.29 is 0 Å². The van der Waals surface area contributed by atoms with Crippen LogP contribution in [0.4, 0.5) is 5.69 Å². The van der Waals surface area contributed by atoms with Crippen LogP contribution in [-0.4, -0.2) is 18.6 Å². The molecule has 0 amide bonds. The summed E-state index contributed by atoms with van der Waals surface area (Å²) >= 11 is 0.